The molecule has 7 nitrogen and oxygen atoms in total. The molecular formula is C20H12ClFN4O3S. The van der Waals surface area contributed by atoms with Gasteiger partial charge in [0.05, 0.1) is 11.4 Å². The molecule has 0 unspecified atom stereocenters. The Morgan fingerprint density at radius 1 is 1.23 bits per heavy atom. The molecule has 1 heterocycles. The number of benzene rings is 2. The number of nitriles is 1. The van der Waals surface area contributed by atoms with Gasteiger partial charge in [0.15, 0.2) is 5.11 Å². The number of nitrogens with zero attached hydrogens (tertiary/aromatic N) is 2. The Kier molecular flexibility index (Phi) is 6.20. The Balaban J connectivity index is 1.89. The molecule has 0 spiro atoms. The van der Waals surface area contributed by atoms with Crippen LogP contribution >= 0.6 is 23.8 Å². The van der Waals surface area contributed by atoms with Crippen LogP contribution in [0.1, 0.15) is 0 Å². The lowest BCUT2D eigenvalue weighted by molar-refractivity contribution is -0.131. The quantitative estimate of drug-likeness (QED) is 0.328. The first-order valence-corrected chi connectivity index (χ1v) is 9.22. The Bertz CT molecular complexity index is 1130. The van der Waals surface area contributed by atoms with Crippen molar-refractivity contribution in [1.29, 1.82) is 5.26 Å². The van der Waals surface area contributed by atoms with Gasteiger partial charge in [-0.05, 0) is 54.7 Å². The Hall–Kier alpha value is -3.61. The number of carbonyl (C=O) groups excluding carboxylic acids is 3. The average Bonchev–Trinajstić information content (AvgIpc) is 2.71. The number of thiocarbonyl (C=S) groups is 1. The number of carbonyl (C=O) groups is 3. The van der Waals surface area contributed by atoms with Crippen LogP contribution in [0.15, 0.2) is 60.2 Å². The normalized spacial score (nSPS) is 16.7. The molecule has 2 aromatic rings. The highest BCUT2D eigenvalue weighted by Crippen LogP contribution is 2.24. The number of para-hydroxylation sites is 1. The van der Waals surface area contributed by atoms with Gasteiger partial charge in [-0.2, -0.15) is 5.26 Å². The third-order valence-electron chi connectivity index (χ3n) is 4.11. The van der Waals surface area contributed by atoms with Crippen LogP contribution in [0.3, 0.4) is 0 Å². The molecule has 1 aliphatic heterocycles. The van der Waals surface area contributed by atoms with Crippen LogP contribution < -0.4 is 15.5 Å². The summed E-state index contributed by atoms with van der Waals surface area (Å²) < 4.78 is 13.7. The third-order valence-corrected chi connectivity index (χ3v) is 4.64. The summed E-state index contributed by atoms with van der Waals surface area (Å²) in [5, 5.41) is 14.2. The average molecular weight is 443 g/mol. The van der Waals surface area contributed by atoms with Crippen LogP contribution in [0.25, 0.3) is 0 Å². The minimum absolute atomic E-state index is 0.146. The van der Waals surface area contributed by atoms with E-state index in [2.05, 4.69) is 10.6 Å². The monoisotopic (exact) mass is 442 g/mol. The summed E-state index contributed by atoms with van der Waals surface area (Å²) in [6.45, 7) is 0. The topological polar surface area (TPSA) is 102 Å². The zero-order valence-electron chi connectivity index (χ0n) is 15.1. The zero-order valence-corrected chi connectivity index (χ0v) is 16.6. The lowest BCUT2D eigenvalue weighted by atomic mass is 10.0. The van der Waals surface area contributed by atoms with E-state index in [1.807, 2.05) is 0 Å². The highest BCUT2D eigenvalue weighted by molar-refractivity contribution is 7.80. The molecule has 1 aliphatic rings. The highest BCUT2D eigenvalue weighted by atomic mass is 35.5. The second-order valence-corrected chi connectivity index (χ2v) is 6.87. The van der Waals surface area contributed by atoms with E-state index in [-0.39, 0.29) is 10.8 Å². The second-order valence-electron chi connectivity index (χ2n) is 6.05. The summed E-state index contributed by atoms with van der Waals surface area (Å²) in [5.74, 6) is -4.70. The summed E-state index contributed by atoms with van der Waals surface area (Å²) in [6, 6.07) is 13.1. The van der Waals surface area contributed by atoms with E-state index in [1.54, 1.807) is 6.07 Å². The van der Waals surface area contributed by atoms with E-state index in [4.69, 9.17) is 23.8 Å². The first-order chi connectivity index (χ1) is 14.3. The third kappa shape index (κ3) is 4.35. The van der Waals surface area contributed by atoms with Crippen molar-refractivity contribution in [1.82, 2.24) is 5.32 Å². The highest BCUT2D eigenvalue weighted by Gasteiger charge is 2.38. The molecule has 2 N–H and O–H groups in total. The fourth-order valence-corrected chi connectivity index (χ4v) is 3.08. The largest absolute Gasteiger partial charge is 0.319 e. The van der Waals surface area contributed by atoms with Crippen LogP contribution in [0.4, 0.5) is 15.8 Å². The summed E-state index contributed by atoms with van der Waals surface area (Å²) in [4.78, 5) is 38.7. The second kappa shape index (κ2) is 8.82. The maximum absolute atomic E-state index is 13.7. The Morgan fingerprint density at radius 2 is 1.90 bits per heavy atom. The SMILES string of the molecule is N#C/C(=C/[C@H]1C(=O)NC(=S)N(c2ccc(Cl)cc2)C1=O)C(=O)Nc1ccccc1F. The number of halogens is 2. The Morgan fingerprint density at radius 3 is 2.53 bits per heavy atom. The van der Waals surface area contributed by atoms with Gasteiger partial charge in [-0.15, -0.1) is 0 Å². The van der Waals surface area contributed by atoms with Crippen molar-refractivity contribution in [3.63, 3.8) is 0 Å². The van der Waals surface area contributed by atoms with E-state index in [0.717, 1.165) is 17.0 Å². The van der Waals surface area contributed by atoms with Crippen molar-refractivity contribution in [2.24, 2.45) is 5.92 Å². The maximum Gasteiger partial charge on any atom is 0.266 e. The van der Waals surface area contributed by atoms with Gasteiger partial charge >= 0.3 is 0 Å². The smallest absolute Gasteiger partial charge is 0.266 e. The maximum atomic E-state index is 13.7. The number of anilines is 2. The molecule has 150 valence electrons. The van der Waals surface area contributed by atoms with E-state index in [1.165, 1.54) is 42.5 Å². The van der Waals surface area contributed by atoms with Crippen LogP contribution in [0.5, 0.6) is 0 Å². The standard InChI is InChI=1S/C20H12ClFN4O3S/c21-12-5-7-13(8-6-12)26-19(29)14(18(28)25-20(26)30)9-11(10-23)17(27)24-16-4-2-1-3-15(16)22/h1-9,14H,(H,24,27)(H,25,28,30)/b11-9-/t14-/m0/s1. The molecule has 3 rings (SSSR count). The molecule has 0 saturated carbocycles. The minimum Gasteiger partial charge on any atom is -0.319 e. The molecule has 2 aromatic carbocycles. The molecule has 0 aromatic heterocycles. The van der Waals surface area contributed by atoms with Crippen LogP contribution in [-0.4, -0.2) is 22.8 Å². The minimum atomic E-state index is -1.49. The van der Waals surface area contributed by atoms with Crippen molar-refractivity contribution >= 4 is 58.0 Å². The molecule has 1 fully saturated rings. The summed E-state index contributed by atoms with van der Waals surface area (Å²) in [6.07, 6.45) is 0.915. The first kappa shape index (κ1) is 21.1. The lowest BCUT2D eigenvalue weighted by Crippen LogP contribution is -2.57. The zero-order chi connectivity index (χ0) is 21.8. The number of amides is 3. The van der Waals surface area contributed by atoms with Gasteiger partial charge in [0.25, 0.3) is 5.91 Å². The molecule has 0 radical (unpaired) electrons. The predicted molar refractivity (Wildman–Crippen MR) is 112 cm³/mol. The van der Waals surface area contributed by atoms with Crippen LogP contribution in [0, 0.1) is 23.1 Å². The molecule has 0 bridgehead atoms. The molecular weight excluding hydrogens is 431 g/mol. The molecule has 1 saturated heterocycles. The molecule has 3 amide bonds. The molecule has 10 heteroatoms. The summed E-state index contributed by atoms with van der Waals surface area (Å²) in [7, 11) is 0. The van der Waals surface area contributed by atoms with E-state index < -0.39 is 35.0 Å². The summed E-state index contributed by atoms with van der Waals surface area (Å²) in [5.41, 5.74) is -0.329. The van der Waals surface area contributed by atoms with Crippen LogP contribution in [0.2, 0.25) is 5.02 Å². The van der Waals surface area contributed by atoms with Gasteiger partial charge in [0.1, 0.15) is 23.4 Å². The van der Waals surface area contributed by atoms with E-state index in [9.17, 15) is 24.0 Å². The number of nitrogens with one attached hydrogen (secondary N) is 2. The molecule has 0 aliphatic carbocycles. The molecule has 30 heavy (non-hydrogen) atoms. The van der Waals surface area contributed by atoms with Crippen molar-refractivity contribution in [3.8, 4) is 6.07 Å². The summed E-state index contributed by atoms with van der Waals surface area (Å²) >= 11 is 10.9. The lowest BCUT2D eigenvalue weighted by Gasteiger charge is -2.31. The number of hydrogen-bond acceptors (Lipinski definition) is 5. The van der Waals surface area contributed by atoms with Crippen molar-refractivity contribution < 1.29 is 18.8 Å². The number of hydrogen-bond donors (Lipinski definition) is 2. The van der Waals surface area contributed by atoms with E-state index in [0.29, 0.717) is 10.7 Å². The van der Waals surface area contributed by atoms with Crippen LogP contribution in [-0.2, 0) is 14.4 Å². The van der Waals surface area contributed by atoms with E-state index >= 15 is 0 Å². The fourth-order valence-electron chi connectivity index (χ4n) is 2.65. The fraction of sp³-hybridized carbons (Fsp3) is 0.0500. The van der Waals surface area contributed by atoms with Crippen molar-refractivity contribution in [3.05, 3.63) is 71.0 Å². The van der Waals surface area contributed by atoms with Gasteiger partial charge in [-0.25, -0.2) is 4.39 Å². The van der Waals surface area contributed by atoms with Gasteiger partial charge in [0, 0.05) is 5.02 Å². The van der Waals surface area contributed by atoms with Gasteiger partial charge < -0.3 is 10.6 Å². The van der Waals surface area contributed by atoms with Gasteiger partial charge in [-0.1, -0.05) is 23.7 Å². The van der Waals surface area contributed by atoms with Gasteiger partial charge in [0.2, 0.25) is 11.8 Å². The van der Waals surface area contributed by atoms with Crippen molar-refractivity contribution in [2.45, 2.75) is 0 Å². The Labute approximate surface area is 180 Å². The predicted octanol–water partition coefficient (Wildman–Crippen LogP) is 2.93. The molecule has 1 atom stereocenters. The first-order valence-electron chi connectivity index (χ1n) is 8.44. The van der Waals surface area contributed by atoms with Gasteiger partial charge in [-0.3, -0.25) is 19.3 Å². The number of rotatable bonds is 4. The van der Waals surface area contributed by atoms with Crippen molar-refractivity contribution in [2.75, 3.05) is 10.2 Å².